The minimum atomic E-state index is -1.37. The zero-order chi connectivity index (χ0) is 18.7. The van der Waals surface area contributed by atoms with Gasteiger partial charge in [-0.3, -0.25) is 4.79 Å². The molecular weight excluding hydrogens is 392 g/mol. The van der Waals surface area contributed by atoms with Crippen LogP contribution in [0, 0.1) is 6.92 Å². The topological polar surface area (TPSA) is 106 Å². The van der Waals surface area contributed by atoms with E-state index in [-0.39, 0.29) is 11.4 Å². The van der Waals surface area contributed by atoms with E-state index in [1.54, 1.807) is 31.2 Å². The third kappa shape index (κ3) is 3.69. The normalized spacial score (nSPS) is 10.2. The van der Waals surface area contributed by atoms with Crippen molar-refractivity contribution in [2.24, 2.45) is 0 Å². The highest BCUT2D eigenvalue weighted by Gasteiger charge is 2.27. The first kappa shape index (κ1) is 18.6. The second-order valence-electron chi connectivity index (χ2n) is 5.14. The van der Waals surface area contributed by atoms with E-state index in [1.165, 1.54) is 14.0 Å². The van der Waals surface area contributed by atoms with Gasteiger partial charge in [-0.1, -0.05) is 34.1 Å². The van der Waals surface area contributed by atoms with Crippen LogP contribution in [0.5, 0.6) is 0 Å². The lowest BCUT2D eigenvalue weighted by atomic mass is 9.96. The molecule has 2 N–H and O–H groups in total. The van der Waals surface area contributed by atoms with Crippen LogP contribution in [0.25, 0.3) is 11.1 Å². The number of rotatable bonds is 4. The molecule has 0 aliphatic carbocycles. The molecule has 2 rings (SSSR count). The number of carbonyl (C=O) groups excluding carboxylic acids is 2. The van der Waals surface area contributed by atoms with Gasteiger partial charge >= 0.3 is 11.9 Å². The predicted molar refractivity (Wildman–Crippen MR) is 94.7 cm³/mol. The van der Waals surface area contributed by atoms with E-state index in [9.17, 15) is 19.5 Å². The molecular formula is C17H15BrN2O5. The summed E-state index contributed by atoms with van der Waals surface area (Å²) in [5.41, 5.74) is 0.852. The number of ether oxygens (including phenoxy) is 1. The molecule has 0 radical (unpaired) electrons. The smallest absolute Gasteiger partial charge is 0.356 e. The molecule has 8 heteroatoms. The minimum Gasteiger partial charge on any atom is -0.476 e. The fraction of sp³-hybridized carbons (Fsp3) is 0.176. The zero-order valence-corrected chi connectivity index (χ0v) is 15.3. The van der Waals surface area contributed by atoms with Gasteiger partial charge in [0.25, 0.3) is 0 Å². The Bertz CT molecular complexity index is 880. The van der Waals surface area contributed by atoms with Crippen molar-refractivity contribution in [2.45, 2.75) is 13.8 Å². The van der Waals surface area contributed by atoms with E-state index in [1.807, 2.05) is 0 Å². The van der Waals surface area contributed by atoms with Crippen LogP contribution in [0.2, 0.25) is 0 Å². The Hall–Kier alpha value is -2.74. The number of aromatic carboxylic acids is 1. The number of nitrogens with one attached hydrogen (secondary N) is 1. The predicted octanol–water partition coefficient (Wildman–Crippen LogP) is 3.26. The van der Waals surface area contributed by atoms with Crippen LogP contribution in [0.4, 0.5) is 5.69 Å². The van der Waals surface area contributed by atoms with Gasteiger partial charge in [0.1, 0.15) is 0 Å². The number of anilines is 1. The van der Waals surface area contributed by atoms with Crippen LogP contribution in [-0.2, 0) is 9.53 Å². The summed E-state index contributed by atoms with van der Waals surface area (Å²) in [6.07, 6.45) is 0. The van der Waals surface area contributed by atoms with Crippen LogP contribution in [-0.4, -0.2) is 35.0 Å². The molecule has 0 bridgehead atoms. The van der Waals surface area contributed by atoms with Gasteiger partial charge < -0.3 is 15.2 Å². The Morgan fingerprint density at radius 1 is 1.20 bits per heavy atom. The van der Waals surface area contributed by atoms with E-state index < -0.39 is 23.5 Å². The number of hydrogen-bond donors (Lipinski definition) is 2. The highest BCUT2D eigenvalue weighted by Crippen LogP contribution is 2.39. The monoisotopic (exact) mass is 406 g/mol. The summed E-state index contributed by atoms with van der Waals surface area (Å²) in [7, 11) is 1.18. The number of benzene rings is 1. The highest BCUT2D eigenvalue weighted by molar-refractivity contribution is 9.10. The molecule has 1 aromatic heterocycles. The second kappa shape index (κ2) is 7.43. The number of pyridine rings is 1. The standard InChI is InChI=1S/C17H15BrN2O5/c1-8-12(10-6-4-5-7-11(10)18)14(19-9(2)21)15(16(22)23)20-13(8)17(24)25-3/h4-7H,1-3H3,(H,19,21)(H,22,23). The summed E-state index contributed by atoms with van der Waals surface area (Å²) >= 11 is 3.41. The van der Waals surface area contributed by atoms with Crippen molar-refractivity contribution in [1.82, 2.24) is 4.98 Å². The molecule has 0 aliphatic rings. The SMILES string of the molecule is COC(=O)c1nc(C(=O)O)c(NC(C)=O)c(-c2ccccc2Br)c1C. The Labute approximate surface area is 152 Å². The van der Waals surface area contributed by atoms with Crippen molar-refractivity contribution in [1.29, 1.82) is 0 Å². The molecule has 0 saturated carbocycles. The Morgan fingerprint density at radius 3 is 2.36 bits per heavy atom. The van der Waals surface area contributed by atoms with Crippen molar-refractivity contribution >= 4 is 39.5 Å². The molecule has 1 heterocycles. The van der Waals surface area contributed by atoms with Gasteiger partial charge in [-0.05, 0) is 24.1 Å². The Balaban J connectivity index is 2.96. The molecule has 0 atom stereocenters. The van der Waals surface area contributed by atoms with E-state index in [4.69, 9.17) is 4.74 Å². The van der Waals surface area contributed by atoms with Gasteiger partial charge in [-0.25, -0.2) is 14.6 Å². The molecule has 0 fully saturated rings. The van der Waals surface area contributed by atoms with Crippen molar-refractivity contribution in [3.05, 3.63) is 45.7 Å². The second-order valence-corrected chi connectivity index (χ2v) is 6.00. The molecule has 0 spiro atoms. The number of amides is 1. The van der Waals surface area contributed by atoms with Gasteiger partial charge in [0.15, 0.2) is 11.4 Å². The largest absolute Gasteiger partial charge is 0.476 e. The molecule has 1 aromatic carbocycles. The quantitative estimate of drug-likeness (QED) is 0.754. The summed E-state index contributed by atoms with van der Waals surface area (Å²) < 4.78 is 5.37. The number of carboxylic acid groups (broad SMARTS) is 1. The van der Waals surface area contributed by atoms with Crippen LogP contribution in [0.1, 0.15) is 33.5 Å². The minimum absolute atomic E-state index is 0.0250. The lowest BCUT2D eigenvalue weighted by molar-refractivity contribution is -0.114. The zero-order valence-electron chi connectivity index (χ0n) is 13.7. The average Bonchev–Trinajstić information content (AvgIpc) is 2.55. The lowest BCUT2D eigenvalue weighted by Gasteiger charge is -2.18. The van der Waals surface area contributed by atoms with Gasteiger partial charge in [0.05, 0.1) is 12.8 Å². The van der Waals surface area contributed by atoms with E-state index >= 15 is 0 Å². The molecule has 7 nitrogen and oxygen atoms in total. The molecule has 25 heavy (non-hydrogen) atoms. The van der Waals surface area contributed by atoms with E-state index in [0.29, 0.717) is 21.2 Å². The number of nitrogens with zero attached hydrogens (tertiary/aromatic N) is 1. The van der Waals surface area contributed by atoms with Crippen molar-refractivity contribution < 1.29 is 24.2 Å². The van der Waals surface area contributed by atoms with Crippen molar-refractivity contribution in [3.63, 3.8) is 0 Å². The summed E-state index contributed by atoms with van der Waals surface area (Å²) in [6, 6.07) is 7.06. The summed E-state index contributed by atoms with van der Waals surface area (Å²) in [6.45, 7) is 2.88. The number of methoxy groups -OCH3 is 1. The molecule has 0 unspecified atom stereocenters. The summed E-state index contributed by atoms with van der Waals surface area (Å²) in [4.78, 5) is 39.2. The van der Waals surface area contributed by atoms with Gasteiger partial charge in [0.2, 0.25) is 5.91 Å². The van der Waals surface area contributed by atoms with Crippen LogP contribution in [0.15, 0.2) is 28.7 Å². The molecule has 2 aromatic rings. The number of aromatic nitrogens is 1. The molecule has 0 aliphatic heterocycles. The first-order chi connectivity index (χ1) is 11.8. The first-order valence-corrected chi connectivity index (χ1v) is 7.95. The number of carboxylic acids is 1. The maximum absolute atomic E-state index is 12.0. The molecule has 1 amide bonds. The lowest BCUT2D eigenvalue weighted by Crippen LogP contribution is -2.18. The fourth-order valence-corrected chi connectivity index (χ4v) is 2.91. The maximum Gasteiger partial charge on any atom is 0.356 e. The summed E-state index contributed by atoms with van der Waals surface area (Å²) in [5.74, 6) is -2.59. The highest BCUT2D eigenvalue weighted by atomic mass is 79.9. The average molecular weight is 407 g/mol. The number of halogens is 1. The van der Waals surface area contributed by atoms with Crippen LogP contribution < -0.4 is 5.32 Å². The summed E-state index contributed by atoms with van der Waals surface area (Å²) in [5, 5.41) is 12.0. The number of hydrogen-bond acceptors (Lipinski definition) is 5. The van der Waals surface area contributed by atoms with Crippen LogP contribution >= 0.6 is 15.9 Å². The van der Waals surface area contributed by atoms with Crippen LogP contribution in [0.3, 0.4) is 0 Å². The molecule has 0 saturated heterocycles. The van der Waals surface area contributed by atoms with Gasteiger partial charge in [-0.15, -0.1) is 0 Å². The van der Waals surface area contributed by atoms with Gasteiger partial charge in [0, 0.05) is 17.0 Å². The third-order valence-corrected chi connectivity index (χ3v) is 4.16. The number of carbonyl (C=O) groups is 3. The van der Waals surface area contributed by atoms with Gasteiger partial charge in [-0.2, -0.15) is 0 Å². The van der Waals surface area contributed by atoms with Crippen molar-refractivity contribution in [2.75, 3.05) is 12.4 Å². The number of esters is 1. The van der Waals surface area contributed by atoms with E-state index in [0.717, 1.165) is 0 Å². The fourth-order valence-electron chi connectivity index (χ4n) is 2.42. The van der Waals surface area contributed by atoms with E-state index in [2.05, 4.69) is 26.2 Å². The Kier molecular flexibility index (Phi) is 5.53. The third-order valence-electron chi connectivity index (χ3n) is 3.47. The first-order valence-electron chi connectivity index (χ1n) is 7.16. The molecule has 130 valence electrons. The van der Waals surface area contributed by atoms with Crippen molar-refractivity contribution in [3.8, 4) is 11.1 Å². The maximum atomic E-state index is 12.0. The Morgan fingerprint density at radius 2 is 1.84 bits per heavy atom.